The van der Waals surface area contributed by atoms with E-state index in [0.29, 0.717) is 23.3 Å². The number of H-pyrrole nitrogens is 1. The van der Waals surface area contributed by atoms with Gasteiger partial charge in [-0.05, 0) is 55.9 Å². The molecule has 0 aromatic carbocycles. The Hall–Kier alpha value is -2.57. The van der Waals surface area contributed by atoms with E-state index in [4.69, 9.17) is 11.5 Å². The minimum absolute atomic E-state index is 0.134. The molecule has 0 aliphatic heterocycles. The molecule has 4 saturated carbocycles. The van der Waals surface area contributed by atoms with E-state index in [1.165, 1.54) is 6.20 Å². The maximum absolute atomic E-state index is 12.1. The predicted octanol–water partition coefficient (Wildman–Crippen LogP) is 1.75. The van der Waals surface area contributed by atoms with Gasteiger partial charge in [-0.2, -0.15) is 0 Å². The van der Waals surface area contributed by atoms with Gasteiger partial charge in [0.1, 0.15) is 5.65 Å². The third kappa shape index (κ3) is 2.09. The molecule has 1 unspecified atom stereocenters. The number of carbonyl (C=O) groups excluding carboxylic acids is 2. The van der Waals surface area contributed by atoms with Crippen molar-refractivity contribution in [1.82, 2.24) is 9.97 Å². The van der Waals surface area contributed by atoms with Crippen molar-refractivity contribution >= 4 is 28.5 Å². The number of pyridine rings is 1. The van der Waals surface area contributed by atoms with Crippen molar-refractivity contribution in [2.24, 2.45) is 34.6 Å². The monoisotopic (exact) mass is 353 g/mol. The molecule has 0 spiro atoms. The average molecular weight is 353 g/mol. The number of rotatable bonds is 4. The van der Waals surface area contributed by atoms with Crippen LogP contribution in [0, 0.1) is 23.2 Å². The Kier molecular flexibility index (Phi) is 3.14. The standard InChI is InChI=1S/C19H23N5O2/c20-16(25)13-8-23-17-12(1-2-22-17)15(13)24-14-10-3-9-4-11(14)7-19(5-9,6-10)18(21)26/h1-2,8-11,14H,3-7H2,(H2,20,25)(H2,21,26)(H2,22,23,24)/t9-,10-,11+,14?,19-. The molecular formula is C19H23N5O2. The van der Waals surface area contributed by atoms with Gasteiger partial charge < -0.3 is 21.8 Å². The lowest BCUT2D eigenvalue weighted by atomic mass is 9.47. The average Bonchev–Trinajstić information content (AvgIpc) is 3.06. The van der Waals surface area contributed by atoms with E-state index >= 15 is 0 Å². The number of nitrogens with one attached hydrogen (secondary N) is 2. The Bertz CT molecular complexity index is 904. The number of nitrogens with zero attached hydrogens (tertiary/aromatic N) is 1. The van der Waals surface area contributed by atoms with Gasteiger partial charge in [0, 0.05) is 29.2 Å². The summed E-state index contributed by atoms with van der Waals surface area (Å²) in [6.07, 6.45) is 8.23. The lowest BCUT2D eigenvalue weighted by Gasteiger charge is -2.59. The number of anilines is 1. The largest absolute Gasteiger partial charge is 0.380 e. The molecule has 7 nitrogen and oxygen atoms in total. The summed E-state index contributed by atoms with van der Waals surface area (Å²) in [7, 11) is 0. The highest BCUT2D eigenvalue weighted by atomic mass is 16.1. The molecule has 2 heterocycles. The van der Waals surface area contributed by atoms with Crippen molar-refractivity contribution < 1.29 is 9.59 Å². The zero-order valence-electron chi connectivity index (χ0n) is 14.5. The number of hydrogen-bond acceptors (Lipinski definition) is 4. The lowest BCUT2D eigenvalue weighted by Crippen LogP contribution is -2.59. The first-order valence-electron chi connectivity index (χ1n) is 9.29. The molecule has 7 heteroatoms. The first-order chi connectivity index (χ1) is 12.5. The first-order valence-corrected chi connectivity index (χ1v) is 9.29. The summed E-state index contributed by atoms with van der Waals surface area (Å²) < 4.78 is 0. The van der Waals surface area contributed by atoms with Crippen LogP contribution in [-0.4, -0.2) is 27.8 Å². The number of aromatic amines is 1. The van der Waals surface area contributed by atoms with E-state index in [9.17, 15) is 9.59 Å². The van der Waals surface area contributed by atoms with Crippen LogP contribution in [0.5, 0.6) is 0 Å². The molecule has 4 aliphatic carbocycles. The van der Waals surface area contributed by atoms with E-state index in [1.807, 2.05) is 12.3 Å². The van der Waals surface area contributed by atoms with E-state index in [-0.39, 0.29) is 17.4 Å². The number of primary amides is 2. The molecule has 136 valence electrons. The van der Waals surface area contributed by atoms with Crippen molar-refractivity contribution in [3.05, 3.63) is 24.0 Å². The second-order valence-corrected chi connectivity index (χ2v) is 8.44. The van der Waals surface area contributed by atoms with E-state index in [2.05, 4.69) is 15.3 Å². The number of nitrogens with two attached hydrogens (primary N) is 2. The predicted molar refractivity (Wildman–Crippen MR) is 97.2 cm³/mol. The fourth-order valence-electron chi connectivity index (χ4n) is 6.08. The fourth-order valence-corrected chi connectivity index (χ4v) is 6.08. The van der Waals surface area contributed by atoms with Crippen LogP contribution in [0.2, 0.25) is 0 Å². The van der Waals surface area contributed by atoms with Crippen molar-refractivity contribution in [1.29, 1.82) is 0 Å². The topological polar surface area (TPSA) is 127 Å². The summed E-state index contributed by atoms with van der Waals surface area (Å²) in [5, 5.41) is 4.52. The smallest absolute Gasteiger partial charge is 0.252 e. The SMILES string of the molecule is NC(=O)c1cnc2[nH]ccc2c1NC1[C@@H]2C[C@@H]3C[C@H]1C[C@@](C(N)=O)(C3)C2. The van der Waals surface area contributed by atoms with Crippen molar-refractivity contribution in [3.63, 3.8) is 0 Å². The molecule has 4 aliphatic rings. The van der Waals surface area contributed by atoms with Crippen LogP contribution in [0.1, 0.15) is 42.5 Å². The minimum Gasteiger partial charge on any atom is -0.380 e. The molecule has 6 N–H and O–H groups in total. The lowest BCUT2D eigenvalue weighted by molar-refractivity contribution is -0.143. The summed E-state index contributed by atoms with van der Waals surface area (Å²) in [6.45, 7) is 0. The summed E-state index contributed by atoms with van der Waals surface area (Å²) in [5.74, 6) is 0.775. The number of carbonyl (C=O) groups is 2. The van der Waals surface area contributed by atoms with Crippen LogP contribution in [-0.2, 0) is 4.79 Å². The summed E-state index contributed by atoms with van der Waals surface area (Å²) >= 11 is 0. The number of fused-ring (bicyclic) bond motifs is 1. The number of aromatic nitrogens is 2. The number of amides is 2. The second-order valence-electron chi connectivity index (χ2n) is 8.44. The molecule has 26 heavy (non-hydrogen) atoms. The Balaban J connectivity index is 1.53. The van der Waals surface area contributed by atoms with Crippen LogP contribution in [0.3, 0.4) is 0 Å². The molecule has 2 aromatic heterocycles. The van der Waals surface area contributed by atoms with Crippen molar-refractivity contribution in [2.75, 3.05) is 5.32 Å². The van der Waals surface area contributed by atoms with Crippen molar-refractivity contribution in [3.8, 4) is 0 Å². The molecule has 0 saturated heterocycles. The van der Waals surface area contributed by atoms with Gasteiger partial charge in [-0.3, -0.25) is 9.59 Å². The van der Waals surface area contributed by atoms with Crippen LogP contribution >= 0.6 is 0 Å². The van der Waals surface area contributed by atoms with Crippen LogP contribution in [0.15, 0.2) is 18.5 Å². The van der Waals surface area contributed by atoms with Gasteiger partial charge in [-0.25, -0.2) is 4.98 Å². The Morgan fingerprint density at radius 1 is 1.19 bits per heavy atom. The minimum atomic E-state index is -0.486. The van der Waals surface area contributed by atoms with Gasteiger partial charge in [0.15, 0.2) is 0 Å². The molecule has 4 bridgehead atoms. The highest BCUT2D eigenvalue weighted by molar-refractivity contribution is 6.06. The number of hydrogen-bond donors (Lipinski definition) is 4. The highest BCUT2D eigenvalue weighted by Gasteiger charge is 2.57. The van der Waals surface area contributed by atoms with Crippen LogP contribution < -0.4 is 16.8 Å². The quantitative estimate of drug-likeness (QED) is 0.668. The molecule has 4 fully saturated rings. The van der Waals surface area contributed by atoms with E-state index in [1.54, 1.807) is 0 Å². The summed E-state index contributed by atoms with van der Waals surface area (Å²) in [5.41, 5.74) is 13.0. The van der Waals surface area contributed by atoms with Gasteiger partial charge in [-0.1, -0.05) is 0 Å². The zero-order chi connectivity index (χ0) is 18.1. The fraction of sp³-hybridized carbons (Fsp3) is 0.526. The highest BCUT2D eigenvalue weighted by Crippen LogP contribution is 2.60. The van der Waals surface area contributed by atoms with Gasteiger partial charge in [0.2, 0.25) is 5.91 Å². The van der Waals surface area contributed by atoms with Gasteiger partial charge in [0.05, 0.1) is 11.3 Å². The van der Waals surface area contributed by atoms with Crippen LogP contribution in [0.4, 0.5) is 5.69 Å². The molecule has 5 atom stereocenters. The maximum atomic E-state index is 12.1. The third-order valence-corrected chi connectivity index (χ3v) is 6.96. The molecule has 2 aromatic rings. The molecule has 0 radical (unpaired) electrons. The Morgan fingerprint density at radius 3 is 2.58 bits per heavy atom. The van der Waals surface area contributed by atoms with Crippen LogP contribution in [0.25, 0.3) is 11.0 Å². The summed E-state index contributed by atoms with van der Waals surface area (Å²) in [6, 6.07) is 2.15. The Labute approximate surface area is 150 Å². The normalized spacial score (nSPS) is 34.9. The molecule has 2 amide bonds. The molecular weight excluding hydrogens is 330 g/mol. The van der Waals surface area contributed by atoms with Gasteiger partial charge in [0.25, 0.3) is 5.91 Å². The van der Waals surface area contributed by atoms with E-state index in [0.717, 1.165) is 48.8 Å². The first kappa shape index (κ1) is 15.7. The third-order valence-electron chi connectivity index (χ3n) is 6.96. The second kappa shape index (κ2) is 5.22. The summed E-state index contributed by atoms with van der Waals surface area (Å²) in [4.78, 5) is 31.4. The van der Waals surface area contributed by atoms with Gasteiger partial charge >= 0.3 is 0 Å². The van der Waals surface area contributed by atoms with Crippen molar-refractivity contribution in [2.45, 2.75) is 38.1 Å². The maximum Gasteiger partial charge on any atom is 0.252 e. The van der Waals surface area contributed by atoms with E-state index < -0.39 is 5.91 Å². The molecule has 6 rings (SSSR count). The zero-order valence-corrected chi connectivity index (χ0v) is 14.5. The Morgan fingerprint density at radius 2 is 1.92 bits per heavy atom. The van der Waals surface area contributed by atoms with Gasteiger partial charge in [-0.15, -0.1) is 0 Å².